The molecule has 0 heterocycles. The van der Waals surface area contributed by atoms with E-state index in [9.17, 15) is 19.2 Å². The fraction of sp³-hybridized carbons (Fsp3) is 0.769. The zero-order valence-electron chi connectivity index (χ0n) is 20.0. The fourth-order valence-electron chi connectivity index (χ4n) is 7.51. The van der Waals surface area contributed by atoms with Gasteiger partial charge in [-0.1, -0.05) is 19.4 Å². The molecule has 33 heavy (non-hydrogen) atoms. The number of allylic oxidation sites excluding steroid dienone is 1. The highest BCUT2D eigenvalue weighted by atomic mass is 16.5. The third-order valence-electron chi connectivity index (χ3n) is 9.45. The van der Waals surface area contributed by atoms with Crippen molar-refractivity contribution in [3.05, 3.63) is 11.6 Å². The maximum absolute atomic E-state index is 12.5. The van der Waals surface area contributed by atoms with Gasteiger partial charge in [0.05, 0.1) is 6.42 Å². The predicted molar refractivity (Wildman–Crippen MR) is 121 cm³/mol. The minimum Gasteiger partial charge on any atom is -0.480 e. The molecule has 0 bridgehead atoms. The number of carboxylic acids is 1. The molecular weight excluding hydrogens is 422 g/mol. The minimum absolute atomic E-state index is 0.0400. The summed E-state index contributed by atoms with van der Waals surface area (Å²) in [5.74, 6) is 0.0526. The van der Waals surface area contributed by atoms with Crippen molar-refractivity contribution in [3.8, 4) is 0 Å². The fourth-order valence-corrected chi connectivity index (χ4v) is 7.51. The van der Waals surface area contributed by atoms with E-state index in [4.69, 9.17) is 9.84 Å². The number of hydrogen-bond donors (Lipinski definition) is 2. The van der Waals surface area contributed by atoms with Crippen LogP contribution in [0, 0.1) is 28.6 Å². The lowest BCUT2D eigenvalue weighted by atomic mass is 9.47. The number of hydrogen-bond acceptors (Lipinski definition) is 5. The van der Waals surface area contributed by atoms with Crippen LogP contribution in [0.15, 0.2) is 11.6 Å². The van der Waals surface area contributed by atoms with E-state index in [2.05, 4.69) is 19.2 Å². The predicted octanol–water partition coefficient (Wildman–Crippen LogP) is 3.80. The van der Waals surface area contributed by atoms with Crippen molar-refractivity contribution in [3.63, 3.8) is 0 Å². The zero-order valence-corrected chi connectivity index (χ0v) is 20.0. The van der Waals surface area contributed by atoms with Crippen LogP contribution < -0.4 is 5.32 Å². The quantitative estimate of drug-likeness (QED) is 0.585. The normalized spacial score (nSPS) is 38.3. The highest BCUT2D eigenvalue weighted by molar-refractivity contribution is 5.91. The monoisotopic (exact) mass is 459 g/mol. The summed E-state index contributed by atoms with van der Waals surface area (Å²) >= 11 is 0. The second-order valence-corrected chi connectivity index (χ2v) is 11.2. The maximum Gasteiger partial charge on any atom is 0.325 e. The van der Waals surface area contributed by atoms with Crippen LogP contribution in [-0.2, 0) is 23.9 Å². The standard InChI is InChI=1S/C26H37NO6/c1-15(24(31)32)27-22(29)8-9-23(30)33-21-7-6-19-18-5-4-16-14-17(28)10-12-25(16,2)20(18)11-13-26(19,21)3/h14-15,18-21H,4-13H2,1-3H3,(H,27,29)(H,31,32)/t15-,18-,19+,20+,21+,25-,26-/m0/s1. The van der Waals surface area contributed by atoms with Crippen LogP contribution in [0.3, 0.4) is 0 Å². The SMILES string of the molecule is C[C@H](NC(=O)CCC(=O)O[C@@H]1CC[C@@H]2[C@@H]3CCC4=CC(=O)CC[C@]4(C)[C@@H]3CC[C@@]21C)C(=O)O. The number of amides is 1. The third-order valence-corrected chi connectivity index (χ3v) is 9.45. The van der Waals surface area contributed by atoms with Gasteiger partial charge >= 0.3 is 11.9 Å². The van der Waals surface area contributed by atoms with Crippen LogP contribution in [0.2, 0.25) is 0 Å². The van der Waals surface area contributed by atoms with Crippen LogP contribution in [0.5, 0.6) is 0 Å². The number of aliphatic carboxylic acids is 1. The molecule has 0 aromatic carbocycles. The molecule has 1 amide bonds. The number of ether oxygens (including phenoxy) is 1. The molecule has 4 rings (SSSR count). The number of esters is 1. The Kier molecular flexibility index (Phi) is 6.45. The summed E-state index contributed by atoms with van der Waals surface area (Å²) in [7, 11) is 0. The van der Waals surface area contributed by atoms with Gasteiger partial charge in [-0.25, -0.2) is 0 Å². The molecule has 0 unspecified atom stereocenters. The van der Waals surface area contributed by atoms with Crippen molar-refractivity contribution >= 4 is 23.6 Å². The van der Waals surface area contributed by atoms with E-state index in [1.54, 1.807) is 0 Å². The van der Waals surface area contributed by atoms with Gasteiger partial charge in [0.15, 0.2) is 5.78 Å². The lowest BCUT2D eigenvalue weighted by Crippen LogP contribution is -2.51. The van der Waals surface area contributed by atoms with Gasteiger partial charge in [0, 0.05) is 18.3 Å². The van der Waals surface area contributed by atoms with Crippen molar-refractivity contribution in [1.29, 1.82) is 0 Å². The number of ketones is 1. The van der Waals surface area contributed by atoms with Gasteiger partial charge in [-0.3, -0.25) is 19.2 Å². The Morgan fingerprint density at radius 3 is 2.58 bits per heavy atom. The molecule has 0 aliphatic heterocycles. The molecular formula is C26H37NO6. The summed E-state index contributed by atoms with van der Waals surface area (Å²) in [5, 5.41) is 11.3. The molecule has 182 valence electrons. The van der Waals surface area contributed by atoms with Gasteiger partial charge in [0.2, 0.25) is 5.91 Å². The molecule has 0 saturated heterocycles. The van der Waals surface area contributed by atoms with Crippen molar-refractivity contribution in [2.75, 3.05) is 0 Å². The summed E-state index contributed by atoms with van der Waals surface area (Å²) in [6.45, 7) is 6.04. The molecule has 3 saturated carbocycles. The summed E-state index contributed by atoms with van der Waals surface area (Å²) in [6, 6.07) is -0.979. The van der Waals surface area contributed by atoms with E-state index in [0.29, 0.717) is 24.2 Å². The maximum atomic E-state index is 12.5. The second-order valence-electron chi connectivity index (χ2n) is 11.2. The highest BCUT2D eigenvalue weighted by Crippen LogP contribution is 2.65. The largest absolute Gasteiger partial charge is 0.480 e. The lowest BCUT2D eigenvalue weighted by molar-refractivity contribution is -0.160. The number of carboxylic acid groups (broad SMARTS) is 1. The average molecular weight is 460 g/mol. The summed E-state index contributed by atoms with van der Waals surface area (Å²) in [4.78, 5) is 47.3. The number of fused-ring (bicyclic) bond motifs is 5. The first-order valence-electron chi connectivity index (χ1n) is 12.5. The number of rotatable bonds is 6. The molecule has 7 atom stereocenters. The third kappa shape index (κ3) is 4.35. The second kappa shape index (κ2) is 8.88. The van der Waals surface area contributed by atoms with E-state index in [1.165, 1.54) is 12.5 Å². The van der Waals surface area contributed by atoms with Crippen molar-refractivity contribution in [2.45, 2.75) is 97.1 Å². The van der Waals surface area contributed by atoms with E-state index in [0.717, 1.165) is 44.9 Å². The topological polar surface area (TPSA) is 110 Å². The van der Waals surface area contributed by atoms with Crippen LogP contribution in [-0.4, -0.2) is 40.9 Å². The Bertz CT molecular complexity index is 880. The lowest BCUT2D eigenvalue weighted by Gasteiger charge is -2.57. The van der Waals surface area contributed by atoms with Gasteiger partial charge in [0.25, 0.3) is 0 Å². The molecule has 0 aromatic rings. The van der Waals surface area contributed by atoms with Crippen LogP contribution in [0.25, 0.3) is 0 Å². The number of nitrogens with one attached hydrogen (secondary N) is 1. The molecule has 4 aliphatic carbocycles. The smallest absolute Gasteiger partial charge is 0.325 e. The Hall–Kier alpha value is -2.18. The van der Waals surface area contributed by atoms with Gasteiger partial charge < -0.3 is 15.2 Å². The van der Waals surface area contributed by atoms with Crippen LogP contribution >= 0.6 is 0 Å². The summed E-state index contributed by atoms with van der Waals surface area (Å²) in [6.07, 6.45) is 9.46. The van der Waals surface area contributed by atoms with Gasteiger partial charge in [-0.2, -0.15) is 0 Å². The van der Waals surface area contributed by atoms with Crippen molar-refractivity contribution < 1.29 is 29.0 Å². The Morgan fingerprint density at radius 1 is 1.09 bits per heavy atom. The molecule has 2 N–H and O–H groups in total. The van der Waals surface area contributed by atoms with Gasteiger partial charge in [0.1, 0.15) is 12.1 Å². The molecule has 7 nitrogen and oxygen atoms in total. The zero-order chi connectivity index (χ0) is 24.0. The molecule has 4 aliphatic rings. The Morgan fingerprint density at radius 2 is 1.85 bits per heavy atom. The van der Waals surface area contributed by atoms with Gasteiger partial charge in [-0.15, -0.1) is 0 Å². The first-order valence-corrected chi connectivity index (χ1v) is 12.5. The first-order chi connectivity index (χ1) is 15.5. The van der Waals surface area contributed by atoms with E-state index < -0.39 is 17.9 Å². The Labute approximate surface area is 195 Å². The molecule has 0 aromatic heterocycles. The highest BCUT2D eigenvalue weighted by Gasteiger charge is 2.59. The van der Waals surface area contributed by atoms with Crippen LogP contribution in [0.1, 0.15) is 85.0 Å². The first kappa shape index (κ1) is 24.0. The summed E-state index contributed by atoms with van der Waals surface area (Å²) < 4.78 is 5.92. The van der Waals surface area contributed by atoms with Gasteiger partial charge in [-0.05, 0) is 81.1 Å². The Balaban J connectivity index is 1.37. The van der Waals surface area contributed by atoms with E-state index >= 15 is 0 Å². The molecule has 7 heteroatoms. The minimum atomic E-state index is -1.11. The van der Waals surface area contributed by atoms with E-state index in [1.807, 2.05) is 6.08 Å². The molecule has 3 fully saturated rings. The van der Waals surface area contributed by atoms with Crippen LogP contribution in [0.4, 0.5) is 0 Å². The average Bonchev–Trinajstić information content (AvgIpc) is 3.09. The van der Waals surface area contributed by atoms with E-state index in [-0.39, 0.29) is 41.5 Å². The molecule has 0 spiro atoms. The molecule has 0 radical (unpaired) electrons. The van der Waals surface area contributed by atoms with Crippen molar-refractivity contribution in [1.82, 2.24) is 5.32 Å². The summed E-state index contributed by atoms with van der Waals surface area (Å²) in [5.41, 5.74) is 1.45. The number of carbonyl (C=O) groups excluding carboxylic acids is 3. The van der Waals surface area contributed by atoms with Crippen molar-refractivity contribution in [2.24, 2.45) is 28.6 Å². The number of carbonyl (C=O) groups is 4.